The normalized spacial score (nSPS) is 10.7. The molecule has 9 heavy (non-hydrogen) atoms. The summed E-state index contributed by atoms with van der Waals surface area (Å²) in [6.07, 6.45) is 4.50. The highest BCUT2D eigenvalue weighted by atomic mass is 16.3. The van der Waals surface area contributed by atoms with Crippen LogP contribution in [0.15, 0.2) is 0 Å². The van der Waals surface area contributed by atoms with Crippen molar-refractivity contribution < 1.29 is 19.8 Å². The van der Waals surface area contributed by atoms with Crippen LogP contribution in [0.4, 0.5) is 0 Å². The smallest absolute Gasteiger partial charge is 0.290 e. The molecule has 0 aliphatic heterocycles. The molecule has 0 radical (unpaired) electrons. The molecule has 2 N–H and O–H groups in total. The van der Waals surface area contributed by atoms with Crippen molar-refractivity contribution in [3.8, 4) is 0 Å². The molecular weight excluding hydrogens is 124 g/mol. The summed E-state index contributed by atoms with van der Waals surface area (Å²) in [6.45, 7) is -0.500. The molecule has 1 fully saturated rings. The van der Waals surface area contributed by atoms with Gasteiger partial charge in [-0.25, -0.2) is 0 Å². The first-order valence-electron chi connectivity index (χ1n) is 2.49. The van der Waals surface area contributed by atoms with Gasteiger partial charge in [-0.15, -0.1) is 0 Å². The minimum Gasteiger partial charge on any atom is -0.483 e. The van der Waals surface area contributed by atoms with Crippen LogP contribution in [0.1, 0.15) is 19.3 Å². The van der Waals surface area contributed by atoms with Crippen molar-refractivity contribution in [1.82, 2.24) is 0 Å². The summed E-state index contributed by atoms with van der Waals surface area (Å²) < 4.78 is 0. The standard InChI is InChI=1S/C3H6.2CH2O2/c1-2-3-1;2*2-1-3/h1-3H2;2*1H,(H,2,3). The maximum absolute atomic E-state index is 8.36. The Labute approximate surface area is 53.1 Å². The molecule has 1 aliphatic carbocycles. The van der Waals surface area contributed by atoms with Gasteiger partial charge in [0.15, 0.2) is 0 Å². The summed E-state index contributed by atoms with van der Waals surface area (Å²) >= 11 is 0. The zero-order chi connectivity index (χ0) is 7.54. The monoisotopic (exact) mass is 134 g/mol. The van der Waals surface area contributed by atoms with Gasteiger partial charge in [0.2, 0.25) is 0 Å². The fraction of sp³-hybridized carbons (Fsp3) is 0.600. The molecule has 0 aromatic heterocycles. The second-order valence-corrected chi connectivity index (χ2v) is 1.27. The molecule has 0 heterocycles. The number of hydrogen-bond acceptors (Lipinski definition) is 2. The Hall–Kier alpha value is -1.06. The first-order valence-corrected chi connectivity index (χ1v) is 2.49. The average molecular weight is 134 g/mol. The Kier molecular flexibility index (Phi) is 19.0. The van der Waals surface area contributed by atoms with Gasteiger partial charge in [-0.05, 0) is 0 Å². The van der Waals surface area contributed by atoms with Crippen LogP contribution in [0.3, 0.4) is 0 Å². The van der Waals surface area contributed by atoms with Crippen LogP contribution in [-0.4, -0.2) is 23.2 Å². The molecule has 0 aromatic rings. The number of rotatable bonds is 0. The van der Waals surface area contributed by atoms with Crippen molar-refractivity contribution in [1.29, 1.82) is 0 Å². The Morgan fingerprint density at radius 2 is 1.00 bits per heavy atom. The lowest BCUT2D eigenvalue weighted by Crippen LogP contribution is -1.49. The minimum atomic E-state index is -0.250. The highest BCUT2D eigenvalue weighted by Gasteiger charge is 1.95. The van der Waals surface area contributed by atoms with Gasteiger partial charge in [0.25, 0.3) is 12.9 Å². The van der Waals surface area contributed by atoms with Crippen LogP contribution >= 0.6 is 0 Å². The summed E-state index contributed by atoms with van der Waals surface area (Å²) in [7, 11) is 0. The minimum absolute atomic E-state index is 0.250. The number of carbonyl (C=O) groups is 2. The van der Waals surface area contributed by atoms with Crippen molar-refractivity contribution in [2.75, 3.05) is 0 Å². The van der Waals surface area contributed by atoms with E-state index in [9.17, 15) is 0 Å². The van der Waals surface area contributed by atoms with Crippen LogP contribution in [0.2, 0.25) is 0 Å². The Morgan fingerprint density at radius 3 is 1.00 bits per heavy atom. The van der Waals surface area contributed by atoms with E-state index in [-0.39, 0.29) is 12.9 Å². The predicted octanol–water partition coefficient (Wildman–Crippen LogP) is 0.572. The van der Waals surface area contributed by atoms with Gasteiger partial charge >= 0.3 is 0 Å². The number of carboxylic acid groups (broad SMARTS) is 2. The van der Waals surface area contributed by atoms with Gasteiger partial charge < -0.3 is 10.2 Å². The quantitative estimate of drug-likeness (QED) is 0.475. The van der Waals surface area contributed by atoms with Gasteiger partial charge in [-0.1, -0.05) is 19.3 Å². The highest BCUT2D eigenvalue weighted by Crippen LogP contribution is 2.14. The third-order valence-electron chi connectivity index (χ3n) is 0.354. The topological polar surface area (TPSA) is 74.6 Å². The van der Waals surface area contributed by atoms with Gasteiger partial charge in [0.1, 0.15) is 0 Å². The first-order chi connectivity index (χ1) is 4.33. The lowest BCUT2D eigenvalue weighted by molar-refractivity contribution is -0.123. The second-order valence-electron chi connectivity index (χ2n) is 1.27. The van der Waals surface area contributed by atoms with Crippen LogP contribution in [0.5, 0.6) is 0 Å². The summed E-state index contributed by atoms with van der Waals surface area (Å²) in [5, 5.41) is 13.8. The highest BCUT2D eigenvalue weighted by molar-refractivity contribution is 5.32. The fourth-order valence-corrected chi connectivity index (χ4v) is 0. The van der Waals surface area contributed by atoms with E-state index in [1.165, 1.54) is 19.3 Å². The zero-order valence-electron chi connectivity index (χ0n) is 4.99. The lowest BCUT2D eigenvalue weighted by atomic mass is 11.0. The van der Waals surface area contributed by atoms with E-state index in [0.717, 1.165) is 0 Å². The van der Waals surface area contributed by atoms with E-state index in [1.807, 2.05) is 0 Å². The van der Waals surface area contributed by atoms with E-state index in [0.29, 0.717) is 0 Å². The van der Waals surface area contributed by atoms with Gasteiger partial charge in [0.05, 0.1) is 0 Å². The van der Waals surface area contributed by atoms with Gasteiger partial charge in [-0.3, -0.25) is 9.59 Å². The molecule has 0 saturated heterocycles. The van der Waals surface area contributed by atoms with E-state index in [4.69, 9.17) is 19.8 Å². The summed E-state index contributed by atoms with van der Waals surface area (Å²) in [4.78, 5) is 16.7. The molecule has 0 atom stereocenters. The van der Waals surface area contributed by atoms with E-state index in [2.05, 4.69) is 0 Å². The summed E-state index contributed by atoms with van der Waals surface area (Å²) in [5.74, 6) is 0. The Morgan fingerprint density at radius 1 is 0.889 bits per heavy atom. The molecule has 0 spiro atoms. The molecule has 1 saturated carbocycles. The maximum atomic E-state index is 8.36. The van der Waals surface area contributed by atoms with Crippen LogP contribution in [0.25, 0.3) is 0 Å². The molecule has 0 aromatic carbocycles. The SMILES string of the molecule is C1CC1.O=CO.O=CO. The molecule has 0 unspecified atom stereocenters. The van der Waals surface area contributed by atoms with Gasteiger partial charge in [0, 0.05) is 0 Å². The van der Waals surface area contributed by atoms with E-state index >= 15 is 0 Å². The van der Waals surface area contributed by atoms with Crippen molar-refractivity contribution in [3.63, 3.8) is 0 Å². The second kappa shape index (κ2) is 15.8. The van der Waals surface area contributed by atoms with Crippen LogP contribution < -0.4 is 0 Å². The third kappa shape index (κ3) is 47000. The third-order valence-corrected chi connectivity index (χ3v) is 0.354. The van der Waals surface area contributed by atoms with Crippen LogP contribution in [0, 0.1) is 0 Å². The molecule has 0 bridgehead atoms. The lowest BCUT2D eigenvalue weighted by Gasteiger charge is -1.34. The summed E-state index contributed by atoms with van der Waals surface area (Å²) in [5.41, 5.74) is 0. The van der Waals surface area contributed by atoms with Gasteiger partial charge in [-0.2, -0.15) is 0 Å². The van der Waals surface area contributed by atoms with Crippen LogP contribution in [-0.2, 0) is 9.59 Å². The molecule has 1 rings (SSSR count). The van der Waals surface area contributed by atoms with E-state index < -0.39 is 0 Å². The Balaban J connectivity index is 0. The van der Waals surface area contributed by atoms with Crippen molar-refractivity contribution in [3.05, 3.63) is 0 Å². The zero-order valence-corrected chi connectivity index (χ0v) is 4.99. The average Bonchev–Trinajstić information content (AvgIpc) is 2.48. The van der Waals surface area contributed by atoms with Crippen molar-refractivity contribution >= 4 is 12.9 Å². The molecule has 1 aliphatic rings. The molecule has 0 amide bonds. The first kappa shape index (κ1) is 10.8. The maximum Gasteiger partial charge on any atom is 0.290 e. The van der Waals surface area contributed by atoms with Crippen molar-refractivity contribution in [2.45, 2.75) is 19.3 Å². The molecule has 4 nitrogen and oxygen atoms in total. The summed E-state index contributed by atoms with van der Waals surface area (Å²) in [6, 6.07) is 0. The predicted molar refractivity (Wildman–Crippen MR) is 31.2 cm³/mol. The fourth-order valence-electron chi connectivity index (χ4n) is 0. The van der Waals surface area contributed by atoms with Crippen molar-refractivity contribution in [2.24, 2.45) is 0 Å². The molecule has 4 heteroatoms. The van der Waals surface area contributed by atoms with E-state index in [1.54, 1.807) is 0 Å². The Bertz CT molecular complexity index is 51.2. The molecule has 54 valence electrons. The largest absolute Gasteiger partial charge is 0.483 e. The number of hydrogen-bond donors (Lipinski definition) is 2. The molecular formula is C5H10O4.